The third-order valence-corrected chi connectivity index (χ3v) is 6.65. The van der Waals surface area contributed by atoms with E-state index < -0.39 is 33.4 Å². The van der Waals surface area contributed by atoms with Crippen LogP contribution >= 0.6 is 0 Å². The van der Waals surface area contributed by atoms with Gasteiger partial charge in [-0.2, -0.15) is 0 Å². The highest BCUT2D eigenvalue weighted by atomic mass is 16.5. The third-order valence-electron chi connectivity index (χ3n) is 6.65. The largest absolute Gasteiger partial charge is 0.334 e. The van der Waals surface area contributed by atoms with Gasteiger partial charge in [-0.15, -0.1) is 30.8 Å². The molecular weight excluding hydrogens is 348 g/mol. The summed E-state index contributed by atoms with van der Waals surface area (Å²) in [5, 5.41) is 45.3. The first-order chi connectivity index (χ1) is 11.9. The van der Waals surface area contributed by atoms with E-state index in [2.05, 4.69) is 5.32 Å². The van der Waals surface area contributed by atoms with Gasteiger partial charge in [-0.1, -0.05) is 0 Å². The number of nitrogens with one attached hydrogen (secondary N) is 1. The van der Waals surface area contributed by atoms with E-state index in [4.69, 9.17) is 0 Å². The van der Waals surface area contributed by atoms with Crippen molar-refractivity contribution in [1.29, 1.82) is 0 Å². The highest BCUT2D eigenvalue weighted by molar-refractivity contribution is 5.90. The van der Waals surface area contributed by atoms with Gasteiger partial charge in [-0.05, 0) is 68.2 Å². The molecule has 3 radical (unpaired) electrons. The van der Waals surface area contributed by atoms with Crippen LogP contribution in [0.1, 0.15) is 81.1 Å². The van der Waals surface area contributed by atoms with E-state index in [0.717, 1.165) is 15.2 Å². The smallest absolute Gasteiger partial charge is 0.244 e. The number of hydrogen-bond acceptors (Lipinski definition) is 4. The second-order valence-corrected chi connectivity index (χ2v) is 11.4. The Morgan fingerprint density at radius 1 is 0.630 bits per heavy atom. The third kappa shape index (κ3) is 2.76. The highest BCUT2D eigenvalue weighted by Crippen LogP contribution is 2.54. The SMILES string of the molecule is CC1(C)CC2(CC(C)(C)N1[O])NC(=O)C1(CC(C)(C)N([O])C(C)(C)C1)N2[O]. The van der Waals surface area contributed by atoms with Crippen LogP contribution in [0.3, 0.4) is 0 Å². The summed E-state index contributed by atoms with van der Waals surface area (Å²) in [6.07, 6.45) is 0.801. The van der Waals surface area contributed by atoms with Crippen molar-refractivity contribution in [1.82, 2.24) is 20.5 Å². The maximum absolute atomic E-state index is 13.8. The first kappa shape index (κ1) is 21.0. The van der Waals surface area contributed by atoms with Crippen LogP contribution in [-0.4, -0.2) is 54.5 Å². The van der Waals surface area contributed by atoms with E-state index in [1.54, 1.807) is 27.7 Å². The minimum atomic E-state index is -1.30. The molecule has 3 heterocycles. The first-order valence-electron chi connectivity index (χ1n) is 9.67. The molecule has 2 spiro atoms. The topological polar surface area (TPSA) is 98.5 Å². The number of hydrogen-bond donors (Lipinski definition) is 1. The molecule has 0 aromatic heterocycles. The fourth-order valence-electron chi connectivity index (χ4n) is 6.33. The van der Waals surface area contributed by atoms with Gasteiger partial charge in [0.15, 0.2) is 0 Å². The van der Waals surface area contributed by atoms with Crippen molar-refractivity contribution in [3.8, 4) is 0 Å². The highest BCUT2D eigenvalue weighted by Gasteiger charge is 2.71. The van der Waals surface area contributed by atoms with Crippen LogP contribution in [0.4, 0.5) is 0 Å². The molecule has 0 atom stereocenters. The number of piperidine rings is 2. The summed E-state index contributed by atoms with van der Waals surface area (Å²) in [6.45, 7) is 14.4. The summed E-state index contributed by atoms with van der Waals surface area (Å²) in [5.41, 5.74) is -5.73. The van der Waals surface area contributed by atoms with Gasteiger partial charge < -0.3 is 5.32 Å². The van der Waals surface area contributed by atoms with Gasteiger partial charge in [0.1, 0.15) is 11.2 Å². The van der Waals surface area contributed by atoms with Crippen LogP contribution in [0, 0.1) is 0 Å². The van der Waals surface area contributed by atoms with E-state index in [-0.39, 0.29) is 31.6 Å². The summed E-state index contributed by atoms with van der Waals surface area (Å²) in [7, 11) is 0. The molecule has 0 aromatic rings. The molecule has 3 aliphatic rings. The van der Waals surface area contributed by atoms with Gasteiger partial charge in [-0.3, -0.25) is 4.79 Å². The summed E-state index contributed by atoms with van der Waals surface area (Å²) in [6, 6.07) is 0. The molecule has 3 aliphatic heterocycles. The lowest BCUT2D eigenvalue weighted by atomic mass is 9.69. The molecule has 3 saturated heterocycles. The van der Waals surface area contributed by atoms with Gasteiger partial charge in [-0.25, -0.2) is 0 Å². The normalized spacial score (nSPS) is 34.1. The minimum absolute atomic E-state index is 0.159. The average Bonchev–Trinajstić information content (AvgIpc) is 2.63. The Bertz CT molecular complexity index is 622. The van der Waals surface area contributed by atoms with Crippen molar-refractivity contribution in [3.63, 3.8) is 0 Å². The fourth-order valence-corrected chi connectivity index (χ4v) is 6.33. The van der Waals surface area contributed by atoms with Crippen LogP contribution < -0.4 is 5.32 Å². The van der Waals surface area contributed by atoms with Gasteiger partial charge in [0, 0.05) is 35.0 Å². The molecule has 8 nitrogen and oxygen atoms in total. The molecule has 3 rings (SSSR count). The second kappa shape index (κ2) is 5.43. The van der Waals surface area contributed by atoms with E-state index in [1.165, 1.54) is 0 Å². The molecule has 1 amide bonds. The molecule has 0 bridgehead atoms. The molecule has 1 N–H and O–H groups in total. The average molecular weight is 381 g/mol. The van der Waals surface area contributed by atoms with Crippen molar-refractivity contribution < 1.29 is 20.4 Å². The summed E-state index contributed by atoms with van der Waals surface area (Å²) in [4.78, 5) is 13.3. The lowest BCUT2D eigenvalue weighted by Crippen LogP contribution is -2.72. The Kier molecular flexibility index (Phi) is 4.21. The Morgan fingerprint density at radius 2 is 0.963 bits per heavy atom. The monoisotopic (exact) mass is 381 g/mol. The van der Waals surface area contributed by atoms with Gasteiger partial charge in [0.25, 0.3) is 0 Å². The predicted molar refractivity (Wildman–Crippen MR) is 96.0 cm³/mol. The lowest BCUT2D eigenvalue weighted by Gasteiger charge is -2.57. The van der Waals surface area contributed by atoms with Crippen LogP contribution in [0.25, 0.3) is 0 Å². The fraction of sp³-hybridized carbons (Fsp3) is 0.947. The van der Waals surface area contributed by atoms with Crippen LogP contribution in [0.2, 0.25) is 0 Å². The van der Waals surface area contributed by atoms with Gasteiger partial charge in [0.05, 0.1) is 0 Å². The zero-order chi connectivity index (χ0) is 20.8. The second-order valence-electron chi connectivity index (χ2n) is 11.4. The Hall–Kier alpha value is -0.770. The number of hydroxylamine groups is 6. The number of amides is 1. The number of nitrogens with zero attached hydrogens (tertiary/aromatic N) is 3. The van der Waals surface area contributed by atoms with Crippen LogP contribution in [0.15, 0.2) is 0 Å². The molecule has 0 aromatic carbocycles. The Morgan fingerprint density at radius 3 is 1.33 bits per heavy atom. The van der Waals surface area contributed by atoms with Gasteiger partial charge in [0.2, 0.25) is 5.91 Å². The molecule has 0 saturated carbocycles. The molecule has 153 valence electrons. The van der Waals surface area contributed by atoms with Crippen molar-refractivity contribution in [3.05, 3.63) is 0 Å². The molecular formula is C19H33N4O4. The van der Waals surface area contributed by atoms with E-state index in [9.17, 15) is 20.4 Å². The number of carbonyl (C=O) groups excluding carboxylic acids is 1. The molecule has 0 aliphatic carbocycles. The van der Waals surface area contributed by atoms with Crippen molar-refractivity contribution in [2.24, 2.45) is 0 Å². The van der Waals surface area contributed by atoms with Gasteiger partial charge >= 0.3 is 0 Å². The van der Waals surface area contributed by atoms with E-state index in [0.29, 0.717) is 0 Å². The minimum Gasteiger partial charge on any atom is -0.334 e. The maximum Gasteiger partial charge on any atom is 0.244 e. The summed E-state index contributed by atoms with van der Waals surface area (Å²) in [5.74, 6) is -0.322. The summed E-state index contributed by atoms with van der Waals surface area (Å²) >= 11 is 0. The van der Waals surface area contributed by atoms with Crippen molar-refractivity contribution in [2.75, 3.05) is 0 Å². The first-order valence-corrected chi connectivity index (χ1v) is 9.67. The Labute approximate surface area is 162 Å². The zero-order valence-electron chi connectivity index (χ0n) is 17.8. The van der Waals surface area contributed by atoms with Crippen molar-refractivity contribution >= 4 is 5.91 Å². The molecule has 27 heavy (non-hydrogen) atoms. The predicted octanol–water partition coefficient (Wildman–Crippen LogP) is 2.20. The Balaban J connectivity index is 2.07. The maximum atomic E-state index is 13.8. The zero-order valence-corrected chi connectivity index (χ0v) is 17.8. The standard InChI is InChI=1S/C19H33N4O4/c1-14(2)9-18(10-15(3,4)21(14)25)13(24)20-19(23(18)27)11-16(5,6)22(26)17(7,8)12-19/h9-12H2,1-8H3,(H,20,24). The van der Waals surface area contributed by atoms with Crippen molar-refractivity contribution in [2.45, 2.75) is 114 Å². The molecule has 0 unspecified atom stereocenters. The summed E-state index contributed by atoms with van der Waals surface area (Å²) < 4.78 is 0. The number of rotatable bonds is 0. The van der Waals surface area contributed by atoms with Crippen LogP contribution in [-0.2, 0) is 20.4 Å². The lowest BCUT2D eigenvalue weighted by molar-refractivity contribution is -0.362. The molecule has 3 fully saturated rings. The van der Waals surface area contributed by atoms with E-state index >= 15 is 0 Å². The van der Waals surface area contributed by atoms with E-state index in [1.807, 2.05) is 27.7 Å². The quantitative estimate of drug-likeness (QED) is 0.695. The number of carbonyl (C=O) groups is 1. The molecule has 8 heteroatoms. The van der Waals surface area contributed by atoms with Crippen LogP contribution in [0.5, 0.6) is 0 Å².